The number of rotatable bonds is 2. The molecule has 0 aliphatic heterocycles. The Kier molecular flexibility index (Phi) is 3.94. The van der Waals surface area contributed by atoms with E-state index in [0.717, 1.165) is 11.8 Å². The SMILES string of the molecule is CC(C)(C)c1cc(NC(=O)c2cc(F)ccc2Br)on1. The number of aromatic nitrogens is 1. The van der Waals surface area contributed by atoms with Crippen LogP contribution in [-0.4, -0.2) is 11.1 Å². The van der Waals surface area contributed by atoms with Crippen molar-refractivity contribution in [2.45, 2.75) is 26.2 Å². The van der Waals surface area contributed by atoms with Crippen molar-refractivity contribution in [3.05, 3.63) is 45.8 Å². The Morgan fingerprint density at radius 2 is 2.05 bits per heavy atom. The van der Waals surface area contributed by atoms with Crippen LogP contribution >= 0.6 is 15.9 Å². The number of hydrogen-bond acceptors (Lipinski definition) is 3. The molecule has 0 radical (unpaired) electrons. The molecule has 1 aromatic heterocycles. The summed E-state index contributed by atoms with van der Waals surface area (Å²) >= 11 is 3.21. The molecule has 1 N–H and O–H groups in total. The molecule has 1 amide bonds. The van der Waals surface area contributed by atoms with Gasteiger partial charge in [-0.1, -0.05) is 25.9 Å². The zero-order valence-corrected chi connectivity index (χ0v) is 12.9. The highest BCUT2D eigenvalue weighted by atomic mass is 79.9. The van der Waals surface area contributed by atoms with Crippen molar-refractivity contribution in [1.29, 1.82) is 0 Å². The number of anilines is 1. The van der Waals surface area contributed by atoms with Crippen LogP contribution in [0.4, 0.5) is 10.3 Å². The molecule has 2 aromatic rings. The summed E-state index contributed by atoms with van der Waals surface area (Å²) in [5, 5.41) is 6.45. The average molecular weight is 341 g/mol. The lowest BCUT2D eigenvalue weighted by Gasteiger charge is -2.12. The average Bonchev–Trinajstić information content (AvgIpc) is 2.80. The van der Waals surface area contributed by atoms with Gasteiger partial charge < -0.3 is 4.52 Å². The van der Waals surface area contributed by atoms with Crippen LogP contribution in [0.1, 0.15) is 36.8 Å². The molecule has 0 atom stereocenters. The van der Waals surface area contributed by atoms with Gasteiger partial charge in [0.25, 0.3) is 5.91 Å². The summed E-state index contributed by atoms with van der Waals surface area (Å²) in [5.41, 5.74) is 0.746. The van der Waals surface area contributed by atoms with Gasteiger partial charge in [0, 0.05) is 16.0 Å². The first kappa shape index (κ1) is 14.7. The number of hydrogen-bond donors (Lipinski definition) is 1. The molecule has 4 nitrogen and oxygen atoms in total. The van der Waals surface area contributed by atoms with Crippen molar-refractivity contribution >= 4 is 27.7 Å². The van der Waals surface area contributed by atoms with Crippen LogP contribution in [0, 0.1) is 5.82 Å². The zero-order chi connectivity index (χ0) is 14.9. The number of nitrogens with zero attached hydrogens (tertiary/aromatic N) is 1. The molecule has 6 heteroatoms. The monoisotopic (exact) mass is 340 g/mol. The van der Waals surface area contributed by atoms with Crippen LogP contribution in [0.3, 0.4) is 0 Å². The molecule has 0 unspecified atom stereocenters. The second-order valence-electron chi connectivity index (χ2n) is 5.40. The van der Waals surface area contributed by atoms with Crippen LogP contribution in [0.5, 0.6) is 0 Å². The molecule has 2 rings (SSSR count). The second-order valence-corrected chi connectivity index (χ2v) is 6.26. The van der Waals surface area contributed by atoms with Crippen LogP contribution < -0.4 is 5.32 Å². The lowest BCUT2D eigenvalue weighted by Crippen LogP contribution is -2.13. The van der Waals surface area contributed by atoms with Crippen molar-refractivity contribution in [2.75, 3.05) is 5.32 Å². The summed E-state index contributed by atoms with van der Waals surface area (Å²) < 4.78 is 18.7. The number of halogens is 2. The number of nitrogens with one attached hydrogen (secondary N) is 1. The predicted octanol–water partition coefficient (Wildman–Crippen LogP) is 4.13. The lowest BCUT2D eigenvalue weighted by molar-refractivity contribution is 0.102. The van der Waals surface area contributed by atoms with Crippen LogP contribution in [0.2, 0.25) is 0 Å². The fourth-order valence-electron chi connectivity index (χ4n) is 1.54. The van der Waals surface area contributed by atoms with E-state index < -0.39 is 11.7 Å². The summed E-state index contributed by atoms with van der Waals surface area (Å²) in [4.78, 5) is 12.1. The standard InChI is InChI=1S/C14H14BrFN2O2/c1-14(2,3)11-7-12(20-18-11)17-13(19)9-6-8(16)4-5-10(9)15/h4-7H,1-3H3,(H,17,19). The van der Waals surface area contributed by atoms with Crippen LogP contribution in [0.15, 0.2) is 33.3 Å². The quantitative estimate of drug-likeness (QED) is 0.894. The number of amides is 1. The van der Waals surface area contributed by atoms with Crippen molar-refractivity contribution in [1.82, 2.24) is 5.16 Å². The molecule has 106 valence electrons. The fourth-order valence-corrected chi connectivity index (χ4v) is 1.96. The van der Waals surface area contributed by atoms with Gasteiger partial charge in [0.05, 0.1) is 11.3 Å². The third-order valence-electron chi connectivity index (χ3n) is 2.69. The van der Waals surface area contributed by atoms with Gasteiger partial charge in [-0.3, -0.25) is 10.1 Å². The third-order valence-corrected chi connectivity index (χ3v) is 3.38. The van der Waals surface area contributed by atoms with Crippen molar-refractivity contribution in [2.24, 2.45) is 0 Å². The predicted molar refractivity (Wildman–Crippen MR) is 77.3 cm³/mol. The molecule has 1 heterocycles. The Labute approximate surface area is 124 Å². The summed E-state index contributed by atoms with van der Waals surface area (Å²) in [6.45, 7) is 5.96. The van der Waals surface area contributed by atoms with Gasteiger partial charge >= 0.3 is 0 Å². The van der Waals surface area contributed by atoms with Crippen molar-refractivity contribution in [3.8, 4) is 0 Å². The highest BCUT2D eigenvalue weighted by Crippen LogP contribution is 2.25. The minimum atomic E-state index is -0.480. The Morgan fingerprint density at radius 3 is 2.65 bits per heavy atom. The molecule has 0 aliphatic rings. The first-order valence-corrected chi connectivity index (χ1v) is 6.80. The topological polar surface area (TPSA) is 55.1 Å². The molecule has 20 heavy (non-hydrogen) atoms. The molecule has 0 saturated carbocycles. The van der Waals surface area contributed by atoms with Gasteiger partial charge in [0.1, 0.15) is 5.82 Å². The van der Waals surface area contributed by atoms with Gasteiger partial charge in [-0.05, 0) is 34.1 Å². The summed E-state index contributed by atoms with van der Waals surface area (Å²) in [6.07, 6.45) is 0. The summed E-state index contributed by atoms with van der Waals surface area (Å²) in [5.74, 6) is -0.713. The molecule has 1 aromatic carbocycles. The molecule has 0 bridgehead atoms. The van der Waals surface area contributed by atoms with E-state index in [4.69, 9.17) is 4.52 Å². The summed E-state index contributed by atoms with van der Waals surface area (Å²) in [6, 6.07) is 5.56. The first-order valence-electron chi connectivity index (χ1n) is 6.01. The van der Waals surface area contributed by atoms with E-state index in [-0.39, 0.29) is 16.9 Å². The number of carbonyl (C=O) groups is 1. The molecule has 0 saturated heterocycles. The Morgan fingerprint density at radius 1 is 1.35 bits per heavy atom. The third kappa shape index (κ3) is 3.25. The van der Waals surface area contributed by atoms with E-state index in [1.165, 1.54) is 12.1 Å². The Balaban J connectivity index is 2.20. The fraction of sp³-hybridized carbons (Fsp3) is 0.286. The minimum absolute atomic E-state index is 0.175. The highest BCUT2D eigenvalue weighted by Gasteiger charge is 2.20. The molecular weight excluding hydrogens is 327 g/mol. The van der Waals surface area contributed by atoms with Crippen LogP contribution in [-0.2, 0) is 5.41 Å². The van der Waals surface area contributed by atoms with Gasteiger partial charge in [-0.2, -0.15) is 0 Å². The Hall–Kier alpha value is -1.69. The van der Waals surface area contributed by atoms with Gasteiger partial charge in [-0.25, -0.2) is 4.39 Å². The van der Waals surface area contributed by atoms with Crippen molar-refractivity contribution < 1.29 is 13.7 Å². The van der Waals surface area contributed by atoms with E-state index >= 15 is 0 Å². The van der Waals surface area contributed by atoms with E-state index in [1.807, 2.05) is 20.8 Å². The van der Waals surface area contributed by atoms with Gasteiger partial charge in [0.2, 0.25) is 5.88 Å². The molecule has 0 fully saturated rings. The van der Waals surface area contributed by atoms with Crippen LogP contribution in [0.25, 0.3) is 0 Å². The van der Waals surface area contributed by atoms with E-state index in [9.17, 15) is 9.18 Å². The molecule has 0 spiro atoms. The van der Waals surface area contributed by atoms with Crippen molar-refractivity contribution in [3.63, 3.8) is 0 Å². The molecule has 0 aliphatic carbocycles. The summed E-state index contributed by atoms with van der Waals surface area (Å²) in [7, 11) is 0. The maximum Gasteiger partial charge on any atom is 0.259 e. The van der Waals surface area contributed by atoms with Gasteiger partial charge in [-0.15, -0.1) is 0 Å². The maximum absolute atomic E-state index is 13.2. The normalized spacial score (nSPS) is 11.4. The van der Waals surface area contributed by atoms with E-state index in [2.05, 4.69) is 26.4 Å². The first-order chi connectivity index (χ1) is 9.27. The van der Waals surface area contributed by atoms with E-state index in [0.29, 0.717) is 4.47 Å². The second kappa shape index (κ2) is 5.36. The molecular formula is C14H14BrFN2O2. The van der Waals surface area contributed by atoms with Gasteiger partial charge in [0.15, 0.2) is 0 Å². The maximum atomic E-state index is 13.2. The minimum Gasteiger partial charge on any atom is -0.338 e. The Bertz CT molecular complexity index is 647. The zero-order valence-electron chi connectivity index (χ0n) is 11.3. The largest absolute Gasteiger partial charge is 0.338 e. The lowest BCUT2D eigenvalue weighted by atomic mass is 9.92. The number of carbonyl (C=O) groups excluding carboxylic acids is 1. The number of benzene rings is 1. The smallest absolute Gasteiger partial charge is 0.259 e. The van der Waals surface area contributed by atoms with E-state index in [1.54, 1.807) is 6.07 Å². The highest BCUT2D eigenvalue weighted by molar-refractivity contribution is 9.10.